The summed E-state index contributed by atoms with van der Waals surface area (Å²) in [7, 11) is -2.78. The van der Waals surface area contributed by atoms with Crippen molar-refractivity contribution in [1.29, 1.82) is 0 Å². The van der Waals surface area contributed by atoms with E-state index in [9.17, 15) is 8.42 Å². The van der Waals surface area contributed by atoms with Gasteiger partial charge in [0.15, 0.2) is 9.84 Å². The molecular weight excluding hydrogens is 236 g/mol. The third kappa shape index (κ3) is 3.93. The highest BCUT2D eigenvalue weighted by atomic mass is 32.2. The van der Waals surface area contributed by atoms with Crippen LogP contribution in [0.4, 0.5) is 0 Å². The van der Waals surface area contributed by atoms with E-state index in [0.29, 0.717) is 23.5 Å². The first kappa shape index (κ1) is 13.3. The zero-order valence-electron chi connectivity index (χ0n) is 10.7. The lowest BCUT2D eigenvalue weighted by Crippen LogP contribution is -2.42. The van der Waals surface area contributed by atoms with Crippen molar-refractivity contribution in [3.8, 4) is 0 Å². The molecular formula is C12H24N2O2S. The normalized spacial score (nSPS) is 35.4. The van der Waals surface area contributed by atoms with Crippen LogP contribution in [0.25, 0.3) is 0 Å². The van der Waals surface area contributed by atoms with Gasteiger partial charge in [-0.1, -0.05) is 0 Å². The average molecular weight is 260 g/mol. The standard InChI is InChI=1S/C12H24N2O2S/c1-11-4-7-17(15,16)8-6-14(11)10-12-3-2-5-13-9-12/h11-13H,2-10H2,1H3. The monoisotopic (exact) mass is 260 g/mol. The van der Waals surface area contributed by atoms with Crippen LogP contribution in [0.1, 0.15) is 26.2 Å². The van der Waals surface area contributed by atoms with E-state index < -0.39 is 9.84 Å². The molecule has 0 radical (unpaired) electrons. The Bertz CT molecular complexity index is 336. The smallest absolute Gasteiger partial charge is 0.151 e. The van der Waals surface area contributed by atoms with Crippen LogP contribution < -0.4 is 5.32 Å². The van der Waals surface area contributed by atoms with Crippen molar-refractivity contribution >= 4 is 9.84 Å². The molecule has 2 rings (SSSR count). The predicted octanol–water partition coefficient (Wildman–Crippen LogP) is 0.495. The van der Waals surface area contributed by atoms with Crippen molar-refractivity contribution < 1.29 is 8.42 Å². The third-order valence-corrected chi connectivity index (χ3v) is 5.71. The fourth-order valence-corrected chi connectivity index (χ4v) is 4.21. The lowest BCUT2D eigenvalue weighted by molar-refractivity contribution is 0.171. The van der Waals surface area contributed by atoms with Crippen molar-refractivity contribution in [1.82, 2.24) is 10.2 Å². The highest BCUT2D eigenvalue weighted by Gasteiger charge is 2.26. The summed E-state index contributed by atoms with van der Waals surface area (Å²) in [5.41, 5.74) is 0. The van der Waals surface area contributed by atoms with Crippen LogP contribution in [0.2, 0.25) is 0 Å². The van der Waals surface area contributed by atoms with Crippen LogP contribution in [0.15, 0.2) is 0 Å². The molecule has 0 amide bonds. The zero-order valence-corrected chi connectivity index (χ0v) is 11.5. The topological polar surface area (TPSA) is 49.4 Å². The third-order valence-electron chi connectivity index (χ3n) is 4.05. The van der Waals surface area contributed by atoms with Crippen LogP contribution in [0.3, 0.4) is 0 Å². The Kier molecular flexibility index (Phi) is 4.44. The number of piperidine rings is 1. The SMILES string of the molecule is CC1CCS(=O)(=O)CCN1CC1CCCNC1. The van der Waals surface area contributed by atoms with Crippen LogP contribution in [-0.2, 0) is 9.84 Å². The zero-order chi connectivity index (χ0) is 12.3. The van der Waals surface area contributed by atoms with E-state index in [1.165, 1.54) is 12.8 Å². The number of nitrogens with zero attached hydrogens (tertiary/aromatic N) is 1. The molecule has 2 fully saturated rings. The summed E-state index contributed by atoms with van der Waals surface area (Å²) < 4.78 is 23.2. The Morgan fingerprint density at radius 3 is 2.82 bits per heavy atom. The van der Waals surface area contributed by atoms with Crippen molar-refractivity contribution in [2.45, 2.75) is 32.2 Å². The molecule has 2 atom stereocenters. The van der Waals surface area contributed by atoms with Gasteiger partial charge in [0.25, 0.3) is 0 Å². The van der Waals surface area contributed by atoms with Crippen molar-refractivity contribution in [3.05, 3.63) is 0 Å². The molecule has 2 aliphatic heterocycles. The molecule has 0 bridgehead atoms. The molecule has 2 aliphatic rings. The van der Waals surface area contributed by atoms with Gasteiger partial charge in [0.1, 0.15) is 0 Å². The summed E-state index contributed by atoms with van der Waals surface area (Å²) in [5, 5.41) is 3.43. The molecule has 2 heterocycles. The van der Waals surface area contributed by atoms with Crippen molar-refractivity contribution in [2.24, 2.45) is 5.92 Å². The summed E-state index contributed by atoms with van der Waals surface area (Å²) >= 11 is 0. The molecule has 2 saturated heterocycles. The molecule has 0 aromatic carbocycles. The van der Waals surface area contributed by atoms with Crippen LogP contribution in [0.5, 0.6) is 0 Å². The maximum Gasteiger partial charge on any atom is 0.151 e. The predicted molar refractivity (Wildman–Crippen MR) is 69.9 cm³/mol. The van der Waals surface area contributed by atoms with E-state index in [1.807, 2.05) is 0 Å². The molecule has 0 saturated carbocycles. The average Bonchev–Trinajstić information content (AvgIpc) is 2.44. The van der Waals surface area contributed by atoms with E-state index in [4.69, 9.17) is 0 Å². The van der Waals surface area contributed by atoms with Gasteiger partial charge in [0.05, 0.1) is 11.5 Å². The van der Waals surface area contributed by atoms with E-state index in [0.717, 1.165) is 32.6 Å². The Hall–Kier alpha value is -0.130. The second-order valence-corrected chi connectivity index (χ2v) is 7.80. The molecule has 1 N–H and O–H groups in total. The maximum absolute atomic E-state index is 11.6. The van der Waals surface area contributed by atoms with Gasteiger partial charge in [-0.3, -0.25) is 4.90 Å². The summed E-state index contributed by atoms with van der Waals surface area (Å²) in [5.74, 6) is 1.41. The van der Waals surface area contributed by atoms with Crippen molar-refractivity contribution in [3.63, 3.8) is 0 Å². The van der Waals surface area contributed by atoms with E-state index in [1.54, 1.807) is 0 Å². The van der Waals surface area contributed by atoms with Crippen molar-refractivity contribution in [2.75, 3.05) is 37.7 Å². The summed E-state index contributed by atoms with van der Waals surface area (Å²) in [6.45, 7) is 6.18. The highest BCUT2D eigenvalue weighted by molar-refractivity contribution is 7.91. The summed E-state index contributed by atoms with van der Waals surface area (Å²) in [6.07, 6.45) is 3.33. The molecule has 5 heteroatoms. The molecule has 17 heavy (non-hydrogen) atoms. The first-order chi connectivity index (χ1) is 8.07. The van der Waals surface area contributed by atoms with Gasteiger partial charge in [-0.05, 0) is 45.2 Å². The van der Waals surface area contributed by atoms with Gasteiger partial charge in [0, 0.05) is 19.1 Å². The first-order valence-corrected chi connectivity index (χ1v) is 8.54. The molecule has 0 spiro atoms. The number of hydrogen-bond acceptors (Lipinski definition) is 4. The van der Waals surface area contributed by atoms with Gasteiger partial charge >= 0.3 is 0 Å². The fraction of sp³-hybridized carbons (Fsp3) is 1.00. The van der Waals surface area contributed by atoms with E-state index >= 15 is 0 Å². The summed E-state index contributed by atoms with van der Waals surface area (Å²) in [4.78, 5) is 2.38. The second kappa shape index (κ2) is 5.67. The van der Waals surface area contributed by atoms with Crippen LogP contribution in [-0.4, -0.2) is 57.0 Å². The van der Waals surface area contributed by atoms with Gasteiger partial charge in [0.2, 0.25) is 0 Å². The Balaban J connectivity index is 1.90. The Morgan fingerprint density at radius 2 is 2.12 bits per heavy atom. The molecule has 0 aromatic rings. The number of sulfone groups is 1. The lowest BCUT2D eigenvalue weighted by Gasteiger charge is -2.32. The second-order valence-electron chi connectivity index (χ2n) is 5.50. The minimum Gasteiger partial charge on any atom is -0.316 e. The van der Waals surface area contributed by atoms with Crippen LogP contribution >= 0.6 is 0 Å². The van der Waals surface area contributed by atoms with Gasteiger partial charge in [-0.15, -0.1) is 0 Å². The fourth-order valence-electron chi connectivity index (χ4n) is 2.79. The minimum atomic E-state index is -2.78. The van der Waals surface area contributed by atoms with E-state index in [2.05, 4.69) is 17.1 Å². The van der Waals surface area contributed by atoms with E-state index in [-0.39, 0.29) is 0 Å². The molecule has 100 valence electrons. The van der Waals surface area contributed by atoms with Gasteiger partial charge < -0.3 is 5.32 Å². The quantitative estimate of drug-likeness (QED) is 0.785. The molecule has 0 aliphatic carbocycles. The number of rotatable bonds is 2. The lowest BCUT2D eigenvalue weighted by atomic mass is 9.98. The first-order valence-electron chi connectivity index (χ1n) is 6.72. The molecule has 0 aromatic heterocycles. The minimum absolute atomic E-state index is 0.345. The van der Waals surface area contributed by atoms with Crippen LogP contribution in [0, 0.1) is 5.92 Å². The maximum atomic E-state index is 11.6. The number of nitrogens with one attached hydrogen (secondary N) is 1. The highest BCUT2D eigenvalue weighted by Crippen LogP contribution is 2.17. The number of hydrogen-bond donors (Lipinski definition) is 1. The van der Waals surface area contributed by atoms with Gasteiger partial charge in [-0.25, -0.2) is 8.42 Å². The largest absolute Gasteiger partial charge is 0.316 e. The van der Waals surface area contributed by atoms with Gasteiger partial charge in [-0.2, -0.15) is 0 Å². The molecule has 4 nitrogen and oxygen atoms in total. The molecule has 2 unspecified atom stereocenters. The Labute approximate surface area is 105 Å². The Morgan fingerprint density at radius 1 is 1.29 bits per heavy atom. The summed E-state index contributed by atoms with van der Waals surface area (Å²) in [6, 6.07) is 0.411.